The Hall–Kier alpha value is -1.35. The molecule has 2 N–H and O–H groups in total. The first-order valence-corrected chi connectivity index (χ1v) is 6.34. The first-order valence-electron chi connectivity index (χ1n) is 6.34. The van der Waals surface area contributed by atoms with Crippen molar-refractivity contribution in [3.8, 4) is 0 Å². The third-order valence-electron chi connectivity index (χ3n) is 4.17. The second-order valence-electron chi connectivity index (χ2n) is 5.21. The number of benzene rings is 1. The van der Waals surface area contributed by atoms with Gasteiger partial charge >= 0.3 is 0 Å². The summed E-state index contributed by atoms with van der Waals surface area (Å²) in [5.74, 6) is -0.0678. The van der Waals surface area contributed by atoms with Crippen LogP contribution in [0.2, 0.25) is 0 Å². The van der Waals surface area contributed by atoms with Gasteiger partial charge in [0.1, 0.15) is 0 Å². The van der Waals surface area contributed by atoms with Gasteiger partial charge in [-0.3, -0.25) is 9.69 Å². The second-order valence-corrected chi connectivity index (χ2v) is 5.21. The topological polar surface area (TPSA) is 46.3 Å². The number of hydrogen-bond acceptors (Lipinski definition) is 2. The fraction of sp³-hybridized carbons (Fsp3) is 0.500. The maximum absolute atomic E-state index is 11.2. The lowest BCUT2D eigenvalue weighted by molar-refractivity contribution is -0.121. The smallest absolute Gasteiger partial charge is 0.221 e. The second kappa shape index (κ2) is 4.15. The summed E-state index contributed by atoms with van der Waals surface area (Å²) in [7, 11) is 0. The molecule has 1 saturated heterocycles. The van der Waals surface area contributed by atoms with Crippen molar-refractivity contribution in [3.05, 3.63) is 35.4 Å². The van der Waals surface area contributed by atoms with E-state index in [9.17, 15) is 4.79 Å². The van der Waals surface area contributed by atoms with Gasteiger partial charge in [0.15, 0.2) is 0 Å². The van der Waals surface area contributed by atoms with Crippen LogP contribution in [0, 0.1) is 5.92 Å². The molecule has 1 fully saturated rings. The van der Waals surface area contributed by atoms with E-state index >= 15 is 0 Å². The molecule has 3 rings (SSSR count). The van der Waals surface area contributed by atoms with Crippen LogP contribution in [-0.4, -0.2) is 29.9 Å². The summed E-state index contributed by atoms with van der Waals surface area (Å²) in [4.78, 5) is 13.6. The summed E-state index contributed by atoms with van der Waals surface area (Å²) < 4.78 is 0. The minimum Gasteiger partial charge on any atom is -0.369 e. The van der Waals surface area contributed by atoms with E-state index in [2.05, 4.69) is 29.2 Å². The summed E-state index contributed by atoms with van der Waals surface area (Å²) in [6.45, 7) is 1.88. The standard InChI is InChI=1S/C14H18N2O/c15-14(17)12-5-6-16(9-12)13-7-10-3-1-2-4-11(10)8-13/h1-4,12-13H,5-9H2,(H2,15,17)/t12-/m1/s1. The molecule has 0 radical (unpaired) electrons. The SMILES string of the molecule is NC(=O)[C@@H]1CCN(C2Cc3ccccc3C2)C1. The Labute approximate surface area is 102 Å². The molecule has 1 aromatic carbocycles. The number of carbonyl (C=O) groups is 1. The van der Waals surface area contributed by atoms with Crippen LogP contribution in [0.3, 0.4) is 0 Å². The molecule has 2 aliphatic rings. The number of amides is 1. The van der Waals surface area contributed by atoms with E-state index in [0.29, 0.717) is 6.04 Å². The zero-order valence-corrected chi connectivity index (χ0v) is 9.93. The maximum atomic E-state index is 11.2. The maximum Gasteiger partial charge on any atom is 0.221 e. The number of nitrogens with zero attached hydrogens (tertiary/aromatic N) is 1. The van der Waals surface area contributed by atoms with Crippen LogP contribution >= 0.6 is 0 Å². The molecule has 90 valence electrons. The van der Waals surface area contributed by atoms with Crippen molar-refractivity contribution in [1.82, 2.24) is 4.90 Å². The van der Waals surface area contributed by atoms with Crippen molar-refractivity contribution < 1.29 is 4.79 Å². The largest absolute Gasteiger partial charge is 0.369 e. The van der Waals surface area contributed by atoms with Crippen molar-refractivity contribution >= 4 is 5.91 Å². The fourth-order valence-corrected chi connectivity index (χ4v) is 3.15. The van der Waals surface area contributed by atoms with Gasteiger partial charge in [0.2, 0.25) is 5.91 Å². The first-order chi connectivity index (χ1) is 8.24. The number of likely N-dealkylation sites (tertiary alicyclic amines) is 1. The van der Waals surface area contributed by atoms with Gasteiger partial charge in [-0.25, -0.2) is 0 Å². The highest BCUT2D eigenvalue weighted by atomic mass is 16.1. The summed E-state index contributed by atoms with van der Waals surface area (Å²) in [6.07, 6.45) is 3.19. The van der Waals surface area contributed by atoms with Crippen molar-refractivity contribution in [3.63, 3.8) is 0 Å². The molecule has 0 unspecified atom stereocenters. The predicted molar refractivity (Wildman–Crippen MR) is 66.5 cm³/mol. The quantitative estimate of drug-likeness (QED) is 0.822. The molecule has 1 amide bonds. The first kappa shape index (κ1) is 10.8. The van der Waals surface area contributed by atoms with Crippen LogP contribution in [0.5, 0.6) is 0 Å². The van der Waals surface area contributed by atoms with Gasteiger partial charge in [0.05, 0.1) is 5.92 Å². The highest BCUT2D eigenvalue weighted by Gasteiger charge is 2.33. The van der Waals surface area contributed by atoms with E-state index in [1.165, 1.54) is 11.1 Å². The van der Waals surface area contributed by atoms with Gasteiger partial charge in [-0.15, -0.1) is 0 Å². The van der Waals surface area contributed by atoms with Crippen LogP contribution in [0.25, 0.3) is 0 Å². The minimum atomic E-state index is -0.136. The molecule has 0 aromatic heterocycles. The molecule has 1 aliphatic heterocycles. The van der Waals surface area contributed by atoms with Crippen molar-refractivity contribution in [2.45, 2.75) is 25.3 Å². The summed E-state index contributed by atoms with van der Waals surface area (Å²) >= 11 is 0. The molecular weight excluding hydrogens is 212 g/mol. The number of rotatable bonds is 2. The van der Waals surface area contributed by atoms with Gasteiger partial charge in [-0.05, 0) is 36.9 Å². The number of nitrogens with two attached hydrogens (primary N) is 1. The number of fused-ring (bicyclic) bond motifs is 1. The highest BCUT2D eigenvalue weighted by Crippen LogP contribution is 2.28. The molecule has 1 atom stereocenters. The lowest BCUT2D eigenvalue weighted by Crippen LogP contribution is -2.35. The van der Waals surface area contributed by atoms with E-state index in [1.54, 1.807) is 0 Å². The molecule has 1 aliphatic carbocycles. The van der Waals surface area contributed by atoms with E-state index < -0.39 is 0 Å². The molecule has 1 aromatic rings. The lowest BCUT2D eigenvalue weighted by atomic mass is 10.1. The third-order valence-corrected chi connectivity index (χ3v) is 4.17. The summed E-state index contributed by atoms with van der Waals surface area (Å²) in [6, 6.07) is 9.24. The van der Waals surface area contributed by atoms with Crippen LogP contribution in [0.15, 0.2) is 24.3 Å². The van der Waals surface area contributed by atoms with Gasteiger partial charge in [-0.1, -0.05) is 24.3 Å². The van der Waals surface area contributed by atoms with Crippen LogP contribution in [-0.2, 0) is 17.6 Å². The Bertz CT molecular complexity index is 419. The van der Waals surface area contributed by atoms with E-state index in [-0.39, 0.29) is 11.8 Å². The fourth-order valence-electron chi connectivity index (χ4n) is 3.15. The van der Waals surface area contributed by atoms with Crippen molar-refractivity contribution in [1.29, 1.82) is 0 Å². The molecule has 0 spiro atoms. The molecule has 1 heterocycles. The Kier molecular flexibility index (Phi) is 2.63. The molecule has 3 nitrogen and oxygen atoms in total. The molecule has 0 saturated carbocycles. The molecule has 3 heteroatoms. The minimum absolute atomic E-state index is 0.0683. The van der Waals surface area contributed by atoms with Crippen LogP contribution < -0.4 is 5.73 Å². The zero-order chi connectivity index (χ0) is 11.8. The number of primary amides is 1. The van der Waals surface area contributed by atoms with E-state index in [4.69, 9.17) is 5.73 Å². The normalized spacial score (nSPS) is 25.1. The summed E-state index contributed by atoms with van der Waals surface area (Å²) in [5, 5.41) is 0. The Morgan fingerprint density at radius 1 is 1.24 bits per heavy atom. The van der Waals surface area contributed by atoms with Crippen LogP contribution in [0.1, 0.15) is 17.5 Å². The Morgan fingerprint density at radius 3 is 2.41 bits per heavy atom. The third kappa shape index (κ3) is 1.95. The monoisotopic (exact) mass is 230 g/mol. The number of carbonyl (C=O) groups excluding carboxylic acids is 1. The molecule has 0 bridgehead atoms. The predicted octanol–water partition coefficient (Wildman–Crippen LogP) is 0.961. The van der Waals surface area contributed by atoms with Gasteiger partial charge in [-0.2, -0.15) is 0 Å². The average molecular weight is 230 g/mol. The number of hydrogen-bond donors (Lipinski definition) is 1. The highest BCUT2D eigenvalue weighted by molar-refractivity contribution is 5.77. The van der Waals surface area contributed by atoms with Gasteiger partial charge < -0.3 is 5.73 Å². The Balaban J connectivity index is 1.68. The average Bonchev–Trinajstić information content (AvgIpc) is 2.95. The van der Waals surface area contributed by atoms with E-state index in [1.807, 2.05) is 0 Å². The zero-order valence-electron chi connectivity index (χ0n) is 9.93. The van der Waals surface area contributed by atoms with Crippen molar-refractivity contribution in [2.24, 2.45) is 11.7 Å². The van der Waals surface area contributed by atoms with Gasteiger partial charge in [0, 0.05) is 12.6 Å². The van der Waals surface area contributed by atoms with Crippen molar-refractivity contribution in [2.75, 3.05) is 13.1 Å². The van der Waals surface area contributed by atoms with Gasteiger partial charge in [0.25, 0.3) is 0 Å². The lowest BCUT2D eigenvalue weighted by Gasteiger charge is -2.23. The van der Waals surface area contributed by atoms with E-state index in [0.717, 1.165) is 32.4 Å². The molecule has 17 heavy (non-hydrogen) atoms. The molecular formula is C14H18N2O. The summed E-state index contributed by atoms with van der Waals surface area (Å²) in [5.41, 5.74) is 8.32. The van der Waals surface area contributed by atoms with Crippen LogP contribution in [0.4, 0.5) is 0 Å². The Morgan fingerprint density at radius 2 is 1.88 bits per heavy atom.